The van der Waals surface area contributed by atoms with Gasteiger partial charge in [0.05, 0.1) is 6.61 Å². The number of nitrogens with zero attached hydrogens (tertiary/aromatic N) is 2. The number of nitrogens with two attached hydrogens (primary N) is 1. The molecule has 0 atom stereocenters. The molecule has 0 bridgehead atoms. The van der Waals surface area contributed by atoms with E-state index in [1.807, 2.05) is 6.20 Å². The van der Waals surface area contributed by atoms with Crippen LogP contribution in [0, 0.1) is 5.92 Å². The van der Waals surface area contributed by atoms with Gasteiger partial charge in [0, 0.05) is 37.8 Å². The van der Waals surface area contributed by atoms with Crippen LogP contribution in [0.5, 0.6) is 0 Å². The lowest BCUT2D eigenvalue weighted by molar-refractivity contribution is 0.136. The average Bonchev–Trinajstić information content (AvgIpc) is 2.59. The third-order valence-electron chi connectivity index (χ3n) is 2.19. The smallest absolute Gasteiger partial charge is 0.180 e. The minimum Gasteiger partial charge on any atom is -0.383 e. The number of nitrogen functional groups attached to an aromatic ring is 1. The predicted octanol–water partition coefficient (Wildman–Crippen LogP) is 1.83. The molecule has 16 heavy (non-hydrogen) atoms. The molecule has 0 aliphatic heterocycles. The fourth-order valence-corrected chi connectivity index (χ4v) is 2.31. The maximum Gasteiger partial charge on any atom is 0.180 e. The highest BCUT2D eigenvalue weighted by Crippen LogP contribution is 2.17. The van der Waals surface area contributed by atoms with E-state index in [2.05, 4.69) is 23.7 Å². The Hall–Kier alpha value is -0.650. The lowest BCUT2D eigenvalue weighted by Gasteiger charge is -2.22. The molecule has 0 fully saturated rings. The van der Waals surface area contributed by atoms with Crippen LogP contribution in [0.25, 0.3) is 0 Å². The number of rotatable bonds is 7. The highest BCUT2D eigenvalue weighted by atomic mass is 32.1. The fraction of sp³-hybridized carbons (Fsp3) is 0.727. The molecule has 2 N–H and O–H groups in total. The Morgan fingerprint density at radius 2 is 2.31 bits per heavy atom. The van der Waals surface area contributed by atoms with Crippen LogP contribution in [-0.4, -0.2) is 36.7 Å². The van der Waals surface area contributed by atoms with Crippen molar-refractivity contribution in [2.24, 2.45) is 5.92 Å². The van der Waals surface area contributed by atoms with E-state index in [1.54, 1.807) is 18.4 Å². The van der Waals surface area contributed by atoms with E-state index in [-0.39, 0.29) is 0 Å². The molecule has 1 aromatic heterocycles. The normalized spacial score (nSPS) is 11.6. The van der Waals surface area contributed by atoms with Crippen LogP contribution in [0.1, 0.15) is 18.7 Å². The molecular weight excluding hydrogens is 222 g/mol. The Labute approximate surface area is 101 Å². The van der Waals surface area contributed by atoms with Gasteiger partial charge < -0.3 is 10.5 Å². The van der Waals surface area contributed by atoms with Crippen LogP contribution < -0.4 is 5.73 Å². The van der Waals surface area contributed by atoms with Crippen molar-refractivity contribution < 1.29 is 4.74 Å². The third kappa shape index (κ3) is 4.92. The van der Waals surface area contributed by atoms with Gasteiger partial charge in [0.2, 0.25) is 0 Å². The molecule has 0 aliphatic rings. The molecule has 5 heteroatoms. The van der Waals surface area contributed by atoms with Gasteiger partial charge in [-0.15, -0.1) is 11.3 Å². The predicted molar refractivity (Wildman–Crippen MR) is 68.5 cm³/mol. The van der Waals surface area contributed by atoms with Crippen molar-refractivity contribution in [3.63, 3.8) is 0 Å². The number of ether oxygens (including phenoxy) is 1. The van der Waals surface area contributed by atoms with Crippen molar-refractivity contribution >= 4 is 16.5 Å². The van der Waals surface area contributed by atoms with E-state index < -0.39 is 0 Å². The maximum absolute atomic E-state index is 5.62. The number of anilines is 1. The average molecular weight is 243 g/mol. The first-order valence-electron chi connectivity index (χ1n) is 5.53. The van der Waals surface area contributed by atoms with E-state index in [0.717, 1.165) is 26.2 Å². The van der Waals surface area contributed by atoms with Gasteiger partial charge in [0.15, 0.2) is 5.13 Å². The highest BCUT2D eigenvalue weighted by molar-refractivity contribution is 7.15. The van der Waals surface area contributed by atoms with Gasteiger partial charge >= 0.3 is 0 Å². The molecule has 1 heterocycles. The van der Waals surface area contributed by atoms with Crippen molar-refractivity contribution in [2.45, 2.75) is 20.4 Å². The lowest BCUT2D eigenvalue weighted by Crippen LogP contribution is -2.30. The molecule has 0 spiro atoms. The number of methoxy groups -OCH3 is 1. The van der Waals surface area contributed by atoms with E-state index in [9.17, 15) is 0 Å². The van der Waals surface area contributed by atoms with Crippen molar-refractivity contribution in [1.29, 1.82) is 0 Å². The molecule has 0 aromatic carbocycles. The molecule has 1 rings (SSSR count). The first kappa shape index (κ1) is 13.4. The minimum absolute atomic E-state index is 0.645. The number of aromatic nitrogens is 1. The molecule has 0 radical (unpaired) electrons. The molecule has 0 amide bonds. The summed E-state index contributed by atoms with van der Waals surface area (Å²) in [6, 6.07) is 0. The molecule has 0 aliphatic carbocycles. The molecular formula is C11H21N3OS. The molecule has 0 saturated carbocycles. The van der Waals surface area contributed by atoms with Crippen molar-refractivity contribution in [2.75, 3.05) is 32.5 Å². The Balaban J connectivity index is 2.48. The zero-order valence-electron chi connectivity index (χ0n) is 10.3. The quantitative estimate of drug-likeness (QED) is 0.794. The Kier molecular flexibility index (Phi) is 5.73. The first-order valence-corrected chi connectivity index (χ1v) is 6.35. The maximum atomic E-state index is 5.62. The highest BCUT2D eigenvalue weighted by Gasteiger charge is 2.09. The van der Waals surface area contributed by atoms with Crippen LogP contribution in [0.15, 0.2) is 6.20 Å². The monoisotopic (exact) mass is 243 g/mol. The lowest BCUT2D eigenvalue weighted by atomic mass is 10.2. The van der Waals surface area contributed by atoms with Crippen LogP contribution in [-0.2, 0) is 11.3 Å². The SMILES string of the molecule is COCCN(Cc1cnc(N)s1)CC(C)C. The van der Waals surface area contributed by atoms with E-state index in [4.69, 9.17) is 10.5 Å². The standard InChI is InChI=1S/C11H21N3OS/c1-9(2)7-14(4-5-15-3)8-10-6-13-11(12)16-10/h6,9H,4-5,7-8H2,1-3H3,(H2,12,13). The summed E-state index contributed by atoms with van der Waals surface area (Å²) in [5, 5.41) is 0.645. The number of thiazole rings is 1. The molecule has 0 unspecified atom stereocenters. The Bertz CT molecular complexity index is 301. The topological polar surface area (TPSA) is 51.4 Å². The summed E-state index contributed by atoms with van der Waals surface area (Å²) < 4.78 is 5.12. The summed E-state index contributed by atoms with van der Waals surface area (Å²) in [7, 11) is 1.73. The second-order valence-corrected chi connectivity index (χ2v) is 5.43. The Morgan fingerprint density at radius 3 is 2.81 bits per heavy atom. The minimum atomic E-state index is 0.645. The van der Waals surface area contributed by atoms with E-state index in [0.29, 0.717) is 11.0 Å². The summed E-state index contributed by atoms with van der Waals surface area (Å²) >= 11 is 1.56. The van der Waals surface area contributed by atoms with Gasteiger partial charge in [-0.2, -0.15) is 0 Å². The molecule has 92 valence electrons. The van der Waals surface area contributed by atoms with Gasteiger partial charge in [0.1, 0.15) is 0 Å². The van der Waals surface area contributed by atoms with E-state index in [1.165, 1.54) is 4.88 Å². The zero-order chi connectivity index (χ0) is 12.0. The largest absolute Gasteiger partial charge is 0.383 e. The summed E-state index contributed by atoms with van der Waals surface area (Å²) in [6.45, 7) is 8.15. The fourth-order valence-electron chi connectivity index (χ4n) is 1.59. The number of hydrogen-bond donors (Lipinski definition) is 1. The van der Waals surface area contributed by atoms with E-state index >= 15 is 0 Å². The van der Waals surface area contributed by atoms with Gasteiger partial charge in [0.25, 0.3) is 0 Å². The summed E-state index contributed by atoms with van der Waals surface area (Å²) in [4.78, 5) is 7.66. The summed E-state index contributed by atoms with van der Waals surface area (Å²) in [6.07, 6.45) is 1.86. The second-order valence-electron chi connectivity index (χ2n) is 4.29. The Morgan fingerprint density at radius 1 is 1.56 bits per heavy atom. The van der Waals surface area contributed by atoms with Crippen molar-refractivity contribution in [3.8, 4) is 0 Å². The third-order valence-corrected chi connectivity index (χ3v) is 3.00. The number of hydrogen-bond acceptors (Lipinski definition) is 5. The molecule has 0 saturated heterocycles. The van der Waals surface area contributed by atoms with Crippen molar-refractivity contribution in [1.82, 2.24) is 9.88 Å². The van der Waals surface area contributed by atoms with Gasteiger partial charge in [-0.3, -0.25) is 4.90 Å². The van der Waals surface area contributed by atoms with Crippen molar-refractivity contribution in [3.05, 3.63) is 11.1 Å². The van der Waals surface area contributed by atoms with Crippen LogP contribution in [0.3, 0.4) is 0 Å². The van der Waals surface area contributed by atoms with Gasteiger partial charge in [-0.25, -0.2) is 4.98 Å². The van der Waals surface area contributed by atoms with Crippen LogP contribution in [0.4, 0.5) is 5.13 Å². The van der Waals surface area contributed by atoms with Crippen LogP contribution in [0.2, 0.25) is 0 Å². The zero-order valence-corrected chi connectivity index (χ0v) is 11.1. The summed E-state index contributed by atoms with van der Waals surface area (Å²) in [5.74, 6) is 0.655. The molecule has 1 aromatic rings. The van der Waals surface area contributed by atoms with Gasteiger partial charge in [-0.1, -0.05) is 13.8 Å². The molecule has 4 nitrogen and oxygen atoms in total. The van der Waals surface area contributed by atoms with Gasteiger partial charge in [-0.05, 0) is 5.92 Å². The van der Waals surface area contributed by atoms with Crippen LogP contribution >= 0.6 is 11.3 Å². The second kappa shape index (κ2) is 6.83. The summed E-state index contributed by atoms with van der Waals surface area (Å²) in [5.41, 5.74) is 5.62. The first-order chi connectivity index (χ1) is 7.61.